The largest absolute Gasteiger partial charge is 0.444 e. The molecule has 200 valence electrons. The van der Waals surface area contributed by atoms with Crippen molar-refractivity contribution in [2.24, 2.45) is 7.05 Å². The number of piperidine rings is 1. The van der Waals surface area contributed by atoms with Gasteiger partial charge in [-0.1, -0.05) is 18.2 Å². The number of para-hydroxylation sites is 1. The van der Waals surface area contributed by atoms with Gasteiger partial charge in [0.05, 0.1) is 16.7 Å². The Morgan fingerprint density at radius 2 is 1.89 bits per heavy atom. The van der Waals surface area contributed by atoms with Gasteiger partial charge in [0.25, 0.3) is 5.91 Å². The van der Waals surface area contributed by atoms with Gasteiger partial charge in [0, 0.05) is 49.2 Å². The van der Waals surface area contributed by atoms with Crippen LogP contribution in [0.3, 0.4) is 0 Å². The minimum absolute atomic E-state index is 0.0324. The van der Waals surface area contributed by atoms with Crippen LogP contribution in [0, 0.1) is 6.92 Å². The molecule has 38 heavy (non-hydrogen) atoms. The van der Waals surface area contributed by atoms with Crippen LogP contribution >= 0.6 is 0 Å². The number of likely N-dealkylation sites (tertiary alicyclic amines) is 1. The monoisotopic (exact) mass is 515 g/mol. The average Bonchev–Trinajstić information content (AvgIpc) is 3.39. The van der Waals surface area contributed by atoms with E-state index in [0.717, 1.165) is 47.5 Å². The van der Waals surface area contributed by atoms with Crippen LogP contribution in [0.5, 0.6) is 0 Å². The summed E-state index contributed by atoms with van der Waals surface area (Å²) < 4.78 is 9.80. The molecule has 1 unspecified atom stereocenters. The Hall–Kier alpha value is -3.81. The molecular formula is C30H37N5O3. The van der Waals surface area contributed by atoms with Crippen LogP contribution in [0.4, 0.5) is 4.79 Å². The Bertz CT molecular complexity index is 1520. The summed E-state index contributed by atoms with van der Waals surface area (Å²) in [4.78, 5) is 32.8. The lowest BCUT2D eigenvalue weighted by atomic mass is 10.0. The number of carbonyl (C=O) groups is 2. The van der Waals surface area contributed by atoms with Crippen molar-refractivity contribution in [2.45, 2.75) is 65.6 Å². The summed E-state index contributed by atoms with van der Waals surface area (Å²) in [7, 11) is 2.03. The van der Waals surface area contributed by atoms with E-state index in [4.69, 9.17) is 9.72 Å². The summed E-state index contributed by atoms with van der Waals surface area (Å²) in [5.41, 5.74) is 5.03. The Kier molecular flexibility index (Phi) is 6.67. The minimum atomic E-state index is -0.562. The van der Waals surface area contributed by atoms with E-state index in [1.807, 2.05) is 45.7 Å². The van der Waals surface area contributed by atoms with Crippen LogP contribution < -0.4 is 5.32 Å². The molecule has 3 heterocycles. The average molecular weight is 516 g/mol. The molecule has 1 fully saturated rings. The molecule has 8 nitrogen and oxygen atoms in total. The molecule has 1 atom stereocenters. The van der Waals surface area contributed by atoms with Crippen molar-refractivity contribution in [1.29, 1.82) is 0 Å². The number of hydrogen-bond acceptors (Lipinski definition) is 4. The maximum atomic E-state index is 13.6. The number of hydrogen-bond donors (Lipinski definition) is 1. The highest BCUT2D eigenvalue weighted by molar-refractivity contribution is 6.00. The molecule has 8 heteroatoms. The van der Waals surface area contributed by atoms with Crippen LogP contribution in [0.1, 0.15) is 56.5 Å². The highest BCUT2D eigenvalue weighted by Gasteiger charge is 2.28. The van der Waals surface area contributed by atoms with Crippen molar-refractivity contribution < 1.29 is 14.3 Å². The predicted molar refractivity (Wildman–Crippen MR) is 150 cm³/mol. The minimum Gasteiger partial charge on any atom is -0.444 e. The summed E-state index contributed by atoms with van der Waals surface area (Å²) in [6.07, 6.45) is 1.19. The van der Waals surface area contributed by atoms with Crippen LogP contribution in [0.2, 0.25) is 0 Å². The number of benzene rings is 2. The van der Waals surface area contributed by atoms with Crippen molar-refractivity contribution in [1.82, 2.24) is 24.3 Å². The zero-order chi connectivity index (χ0) is 27.2. The summed E-state index contributed by atoms with van der Waals surface area (Å²) in [6.45, 7) is 11.6. The Balaban J connectivity index is 1.43. The standard InChI is InChI=1S/C30H37N5O3/c1-7-35-24-13-9-8-11-20(24)16-26(35)27-32-23-17-22(19(2)15-25(23)33(27)6)28(36)34-14-10-12-21(18-34)31-29(37)38-30(3,4)5/h8-9,11,13,15-17,21H,7,10,12,14,18H2,1-6H3,(H,31,37). The smallest absolute Gasteiger partial charge is 0.407 e. The van der Waals surface area contributed by atoms with Crippen molar-refractivity contribution >= 4 is 33.9 Å². The maximum Gasteiger partial charge on any atom is 0.407 e. The molecule has 2 aromatic heterocycles. The van der Waals surface area contributed by atoms with Gasteiger partial charge in [-0.25, -0.2) is 9.78 Å². The van der Waals surface area contributed by atoms with Gasteiger partial charge in [0.15, 0.2) is 5.82 Å². The molecule has 0 bridgehead atoms. The quantitative estimate of drug-likeness (QED) is 0.381. The Morgan fingerprint density at radius 3 is 2.63 bits per heavy atom. The van der Waals surface area contributed by atoms with E-state index in [1.54, 1.807) is 0 Å². The zero-order valence-corrected chi connectivity index (χ0v) is 23.2. The number of carbonyl (C=O) groups excluding carboxylic acids is 2. The number of aryl methyl sites for hydroxylation is 3. The van der Waals surface area contributed by atoms with Gasteiger partial charge in [-0.05, 0) is 77.3 Å². The van der Waals surface area contributed by atoms with Crippen LogP contribution in [0.15, 0.2) is 42.5 Å². The third-order valence-corrected chi connectivity index (χ3v) is 7.24. The fourth-order valence-corrected chi connectivity index (χ4v) is 5.46. The highest BCUT2D eigenvalue weighted by atomic mass is 16.6. The molecule has 1 saturated heterocycles. The second-order valence-corrected chi connectivity index (χ2v) is 11.2. The molecule has 1 aliphatic rings. The molecule has 4 aromatic rings. The molecule has 2 aromatic carbocycles. The molecule has 2 amide bonds. The summed E-state index contributed by atoms with van der Waals surface area (Å²) in [5, 5.41) is 4.12. The lowest BCUT2D eigenvalue weighted by Crippen LogP contribution is -2.50. The number of alkyl carbamates (subject to hydrolysis) is 1. The Morgan fingerprint density at radius 1 is 1.13 bits per heavy atom. The molecule has 0 aliphatic carbocycles. The SMILES string of the molecule is CCn1c(-c2nc3cc(C(=O)N4CCCC(NC(=O)OC(C)(C)C)C4)c(C)cc3n2C)cc2ccccc21. The summed E-state index contributed by atoms with van der Waals surface area (Å²) >= 11 is 0. The number of nitrogens with one attached hydrogen (secondary N) is 1. The first-order valence-electron chi connectivity index (χ1n) is 13.4. The van der Waals surface area contributed by atoms with E-state index in [2.05, 4.69) is 57.8 Å². The molecule has 0 radical (unpaired) electrons. The van der Waals surface area contributed by atoms with Crippen molar-refractivity contribution in [3.8, 4) is 11.5 Å². The lowest BCUT2D eigenvalue weighted by Gasteiger charge is -2.34. The fourth-order valence-electron chi connectivity index (χ4n) is 5.46. The highest BCUT2D eigenvalue weighted by Crippen LogP contribution is 2.31. The van der Waals surface area contributed by atoms with Gasteiger partial charge >= 0.3 is 6.09 Å². The van der Waals surface area contributed by atoms with Crippen LogP contribution in [0.25, 0.3) is 33.5 Å². The normalized spacial score (nSPS) is 16.3. The first-order valence-corrected chi connectivity index (χ1v) is 13.4. The molecule has 1 aliphatic heterocycles. The van der Waals surface area contributed by atoms with Gasteiger partial charge in [-0.3, -0.25) is 4.79 Å². The van der Waals surface area contributed by atoms with E-state index in [-0.39, 0.29) is 11.9 Å². The van der Waals surface area contributed by atoms with Gasteiger partial charge in [-0.15, -0.1) is 0 Å². The third kappa shape index (κ3) is 4.87. The van der Waals surface area contributed by atoms with E-state index in [9.17, 15) is 9.59 Å². The van der Waals surface area contributed by atoms with Crippen molar-refractivity contribution in [3.05, 3.63) is 53.6 Å². The number of rotatable bonds is 4. The second-order valence-electron chi connectivity index (χ2n) is 11.2. The first kappa shape index (κ1) is 25.8. The molecule has 0 spiro atoms. The van der Waals surface area contributed by atoms with Gasteiger partial charge in [0.2, 0.25) is 0 Å². The summed E-state index contributed by atoms with van der Waals surface area (Å²) in [6, 6.07) is 14.4. The van der Waals surface area contributed by atoms with Gasteiger partial charge in [-0.2, -0.15) is 0 Å². The van der Waals surface area contributed by atoms with Crippen LogP contribution in [-0.2, 0) is 18.3 Å². The second kappa shape index (κ2) is 9.82. The molecule has 1 N–H and O–H groups in total. The number of amides is 2. The maximum absolute atomic E-state index is 13.6. The summed E-state index contributed by atoms with van der Waals surface area (Å²) in [5.74, 6) is 0.844. The van der Waals surface area contributed by atoms with E-state index in [1.165, 1.54) is 10.9 Å². The fraction of sp³-hybridized carbons (Fsp3) is 0.433. The topological polar surface area (TPSA) is 81.4 Å². The Labute approximate surface area is 223 Å². The third-order valence-electron chi connectivity index (χ3n) is 7.24. The number of nitrogens with zero attached hydrogens (tertiary/aromatic N) is 4. The van der Waals surface area contributed by atoms with Crippen LogP contribution in [-0.4, -0.2) is 55.8 Å². The van der Waals surface area contributed by atoms with Crippen molar-refractivity contribution in [3.63, 3.8) is 0 Å². The number of fused-ring (bicyclic) bond motifs is 2. The van der Waals surface area contributed by atoms with E-state index in [0.29, 0.717) is 18.7 Å². The number of aromatic nitrogens is 3. The predicted octanol–water partition coefficient (Wildman–Crippen LogP) is 5.65. The van der Waals surface area contributed by atoms with Gasteiger partial charge in [0.1, 0.15) is 5.60 Å². The zero-order valence-electron chi connectivity index (χ0n) is 23.2. The first-order chi connectivity index (χ1) is 18.1. The number of ether oxygens (including phenoxy) is 1. The van der Waals surface area contributed by atoms with Crippen molar-refractivity contribution in [2.75, 3.05) is 13.1 Å². The van der Waals surface area contributed by atoms with E-state index >= 15 is 0 Å². The molecule has 0 saturated carbocycles. The molecule has 5 rings (SSSR count). The van der Waals surface area contributed by atoms with E-state index < -0.39 is 11.7 Å². The lowest BCUT2D eigenvalue weighted by molar-refractivity contribution is 0.0452. The molecular weight excluding hydrogens is 478 g/mol. The number of imidazole rings is 1. The van der Waals surface area contributed by atoms with Gasteiger partial charge < -0.3 is 24.1 Å².